The van der Waals surface area contributed by atoms with Crippen LogP contribution in [0.5, 0.6) is 0 Å². The number of fused-ring (bicyclic) bond motifs is 1. The summed E-state index contributed by atoms with van der Waals surface area (Å²) < 4.78 is 4.98. The van der Waals surface area contributed by atoms with E-state index < -0.39 is 5.76 Å². The number of thiol groups is 1. The zero-order chi connectivity index (χ0) is 13.7. The lowest BCUT2D eigenvalue weighted by molar-refractivity contribution is 0.555. The highest BCUT2D eigenvalue weighted by Gasteiger charge is 2.03. The molecule has 4 N–H and O–H groups in total. The molecular weight excluding hydrogens is 264 g/mol. The maximum atomic E-state index is 11.0. The highest BCUT2D eigenvalue weighted by molar-refractivity contribution is 7.90. The van der Waals surface area contributed by atoms with Crippen molar-refractivity contribution in [3.63, 3.8) is 0 Å². The monoisotopic (exact) mass is 278 g/mol. The van der Waals surface area contributed by atoms with Crippen LogP contribution in [0.2, 0.25) is 0 Å². The summed E-state index contributed by atoms with van der Waals surface area (Å²) in [6.07, 6.45) is 3.24. The zero-order valence-electron chi connectivity index (χ0n) is 10.1. The number of H-pyrrole nitrogens is 1. The van der Waals surface area contributed by atoms with Gasteiger partial charge in [0.1, 0.15) is 0 Å². The van der Waals surface area contributed by atoms with Crippen molar-refractivity contribution in [1.82, 2.24) is 10.3 Å². The molecule has 0 radical (unpaired) electrons. The lowest BCUT2D eigenvalue weighted by Gasteiger charge is -2.00. The molecule has 0 unspecified atom stereocenters. The van der Waals surface area contributed by atoms with Gasteiger partial charge in [-0.25, -0.2) is 4.79 Å². The van der Waals surface area contributed by atoms with Crippen molar-refractivity contribution in [3.05, 3.63) is 40.5 Å². The van der Waals surface area contributed by atoms with Gasteiger partial charge in [-0.3, -0.25) is 9.98 Å². The first-order chi connectivity index (χ1) is 9.20. The molecule has 0 fully saturated rings. The van der Waals surface area contributed by atoms with E-state index in [1.807, 2.05) is 6.07 Å². The fourth-order valence-electron chi connectivity index (χ4n) is 1.50. The summed E-state index contributed by atoms with van der Waals surface area (Å²) in [5, 5.41) is 2.89. The molecule has 0 atom stereocenters. The number of aliphatic imine (C=N–C) groups is 1. The fourth-order valence-corrected chi connectivity index (χ4v) is 1.71. The number of rotatable bonds is 5. The minimum absolute atomic E-state index is 0.469. The first-order valence-electron chi connectivity index (χ1n) is 5.67. The average Bonchev–Trinajstić information content (AvgIpc) is 2.77. The van der Waals surface area contributed by atoms with Crippen LogP contribution < -0.4 is 16.8 Å². The van der Waals surface area contributed by atoms with Gasteiger partial charge in [0.05, 0.1) is 18.4 Å². The third-order valence-corrected chi connectivity index (χ3v) is 2.75. The van der Waals surface area contributed by atoms with E-state index in [0.29, 0.717) is 29.1 Å². The number of nitrogens with one attached hydrogen (secondary N) is 2. The third kappa shape index (κ3) is 3.49. The topological polar surface area (TPSA) is 96.4 Å². The van der Waals surface area contributed by atoms with Crippen LogP contribution >= 0.6 is 12.6 Å². The van der Waals surface area contributed by atoms with Gasteiger partial charge in [-0.2, -0.15) is 0 Å². The second-order valence-corrected chi connectivity index (χ2v) is 4.23. The van der Waals surface area contributed by atoms with E-state index in [1.54, 1.807) is 24.7 Å². The zero-order valence-corrected chi connectivity index (χ0v) is 11.0. The molecule has 1 heterocycles. The molecule has 0 bridgehead atoms. The normalized spacial score (nSPS) is 12.4. The Morgan fingerprint density at radius 1 is 1.58 bits per heavy atom. The molecule has 0 aliphatic rings. The predicted octanol–water partition coefficient (Wildman–Crippen LogP) is 0.926. The van der Waals surface area contributed by atoms with Crippen molar-refractivity contribution in [2.24, 2.45) is 10.7 Å². The van der Waals surface area contributed by atoms with E-state index in [9.17, 15) is 4.79 Å². The van der Waals surface area contributed by atoms with Crippen molar-refractivity contribution in [2.75, 3.05) is 13.1 Å². The molecule has 0 aliphatic carbocycles. The van der Waals surface area contributed by atoms with Gasteiger partial charge in [0.2, 0.25) is 0 Å². The Balaban J connectivity index is 2.14. The summed E-state index contributed by atoms with van der Waals surface area (Å²) in [7, 11) is 0. The van der Waals surface area contributed by atoms with Crippen molar-refractivity contribution in [3.8, 4) is 0 Å². The predicted molar refractivity (Wildman–Crippen MR) is 79.3 cm³/mol. The highest BCUT2D eigenvalue weighted by Crippen LogP contribution is 2.21. The van der Waals surface area contributed by atoms with E-state index >= 15 is 0 Å². The number of aromatic amines is 1. The molecule has 0 saturated carbocycles. The summed E-state index contributed by atoms with van der Waals surface area (Å²) >= 11 is 4.36. The third-order valence-electron chi connectivity index (χ3n) is 2.36. The summed E-state index contributed by atoms with van der Waals surface area (Å²) in [4.78, 5) is 18.3. The smallest absolute Gasteiger partial charge is 0.408 e. The maximum Gasteiger partial charge on any atom is 0.417 e. The van der Waals surface area contributed by atoms with Crippen molar-refractivity contribution < 1.29 is 4.42 Å². The summed E-state index contributed by atoms with van der Waals surface area (Å²) in [5.41, 5.74) is 7.30. The summed E-state index contributed by atoms with van der Waals surface area (Å²) in [5.74, 6) is -0.469. The molecule has 2 aromatic rings. The van der Waals surface area contributed by atoms with Gasteiger partial charge < -0.3 is 15.5 Å². The first-order valence-corrected chi connectivity index (χ1v) is 6.12. The Morgan fingerprint density at radius 2 is 2.42 bits per heavy atom. The number of nitrogens with zero attached hydrogens (tertiary/aromatic N) is 1. The molecule has 0 amide bonds. The molecule has 1 aromatic carbocycles. The second-order valence-electron chi connectivity index (χ2n) is 3.75. The molecule has 1 aromatic heterocycles. The molecule has 2 rings (SSSR count). The number of benzene rings is 1. The van der Waals surface area contributed by atoms with E-state index in [1.165, 1.54) is 0 Å². The minimum Gasteiger partial charge on any atom is -0.408 e. The number of oxazole rings is 1. The first kappa shape index (κ1) is 13.4. The molecule has 0 spiro atoms. The maximum absolute atomic E-state index is 11.0. The van der Waals surface area contributed by atoms with Crippen LogP contribution in [-0.4, -0.2) is 24.4 Å². The summed E-state index contributed by atoms with van der Waals surface area (Å²) in [6, 6.07) is 5.35. The van der Waals surface area contributed by atoms with Gasteiger partial charge in [0.15, 0.2) is 5.58 Å². The van der Waals surface area contributed by atoms with E-state index in [4.69, 9.17) is 10.2 Å². The molecular formula is C12H14N4O2S. The molecule has 7 heteroatoms. The molecule has 100 valence electrons. The van der Waals surface area contributed by atoms with Gasteiger partial charge >= 0.3 is 5.76 Å². The van der Waals surface area contributed by atoms with Crippen molar-refractivity contribution >= 4 is 35.0 Å². The van der Waals surface area contributed by atoms with Gasteiger partial charge in [-0.05, 0) is 17.7 Å². The molecule has 6 nitrogen and oxygen atoms in total. The van der Waals surface area contributed by atoms with Gasteiger partial charge in [0, 0.05) is 17.6 Å². The largest absolute Gasteiger partial charge is 0.417 e. The number of nitrogens with two attached hydrogens (primary N) is 1. The molecule has 0 aliphatic heterocycles. The fraction of sp³-hybridized carbons (Fsp3) is 0.167. The van der Waals surface area contributed by atoms with Crippen LogP contribution in [0.3, 0.4) is 0 Å². The molecule has 19 heavy (non-hydrogen) atoms. The van der Waals surface area contributed by atoms with E-state index in [2.05, 4.69) is 27.9 Å². The van der Waals surface area contributed by atoms with Crippen LogP contribution in [-0.2, 0) is 0 Å². The summed E-state index contributed by atoms with van der Waals surface area (Å²) in [6.45, 7) is 1.09. The van der Waals surface area contributed by atoms with E-state index in [-0.39, 0.29) is 0 Å². The molecule has 0 saturated heterocycles. The minimum atomic E-state index is -0.469. The standard InChI is InChI=1S/C12H14N4O2S/c13-3-4-14-7-15-6-11(19)8-1-2-9-10(5-8)18-12(17)16-9/h1-2,5-7,19H,3-4,13H2,(H,14,15)(H,16,17)/b11-6-. The van der Waals surface area contributed by atoms with Gasteiger partial charge in [-0.1, -0.05) is 6.07 Å². The van der Waals surface area contributed by atoms with E-state index in [0.717, 1.165) is 5.56 Å². The van der Waals surface area contributed by atoms with Crippen LogP contribution in [0.4, 0.5) is 0 Å². The number of aromatic nitrogens is 1. The van der Waals surface area contributed by atoms with Crippen LogP contribution in [0.15, 0.2) is 38.6 Å². The van der Waals surface area contributed by atoms with Gasteiger partial charge in [-0.15, -0.1) is 12.6 Å². The average molecular weight is 278 g/mol. The Kier molecular flexibility index (Phi) is 4.43. The van der Waals surface area contributed by atoms with Crippen LogP contribution in [0, 0.1) is 0 Å². The Labute approximate surface area is 114 Å². The van der Waals surface area contributed by atoms with Crippen molar-refractivity contribution in [1.29, 1.82) is 0 Å². The number of hydrogen-bond donors (Lipinski definition) is 4. The quantitative estimate of drug-likeness (QED) is 0.371. The lowest BCUT2D eigenvalue weighted by atomic mass is 10.2. The lowest BCUT2D eigenvalue weighted by Crippen LogP contribution is -2.06. The van der Waals surface area contributed by atoms with Gasteiger partial charge in [0.25, 0.3) is 0 Å². The SMILES string of the molecule is NCCN=CN/C=C(\S)c1ccc2[nH]c(=O)oc2c1. The Bertz CT molecular complexity index is 672. The Morgan fingerprint density at radius 3 is 3.21 bits per heavy atom. The van der Waals surface area contributed by atoms with Crippen LogP contribution in [0.1, 0.15) is 5.56 Å². The highest BCUT2D eigenvalue weighted by atomic mass is 32.1. The number of hydrogen-bond acceptors (Lipinski definition) is 5. The Hall–Kier alpha value is -1.99. The second kappa shape index (κ2) is 6.26. The van der Waals surface area contributed by atoms with Crippen LogP contribution in [0.25, 0.3) is 16.0 Å². The van der Waals surface area contributed by atoms with Crippen molar-refractivity contribution in [2.45, 2.75) is 0 Å².